The van der Waals surface area contributed by atoms with Crippen LogP contribution in [0.5, 0.6) is 0 Å². The SMILES string of the molecule is C[Si](C)(O[SiH3])[SiH2]O[SiH3]. The standard InChI is InChI=1S/C2H14O2Si4/c1-8(2,4-6)7-3-5/h7H2,1-2,5-6H3. The second kappa shape index (κ2) is 3.75. The fraction of sp³-hybridized carbons (Fsp3) is 1.00. The zero-order chi connectivity index (χ0) is 6.62. The van der Waals surface area contributed by atoms with Crippen molar-refractivity contribution in [3.05, 3.63) is 0 Å². The quantitative estimate of drug-likeness (QED) is 0.445. The predicted octanol–water partition coefficient (Wildman–Crippen LogP) is -2.63. The van der Waals surface area contributed by atoms with Crippen LogP contribution in [-0.4, -0.2) is 38.1 Å². The van der Waals surface area contributed by atoms with Crippen LogP contribution in [0.15, 0.2) is 0 Å². The van der Waals surface area contributed by atoms with Crippen LogP contribution in [0.4, 0.5) is 0 Å². The molecule has 6 heteroatoms. The van der Waals surface area contributed by atoms with Gasteiger partial charge in [-0.25, -0.2) is 0 Å². The van der Waals surface area contributed by atoms with Crippen molar-refractivity contribution >= 4 is 38.1 Å². The first-order chi connectivity index (χ1) is 3.62. The maximum Gasteiger partial charge on any atom is 0.183 e. The Morgan fingerprint density at radius 2 is 1.88 bits per heavy atom. The highest BCUT2D eigenvalue weighted by atomic mass is 29.2. The predicted molar refractivity (Wildman–Crippen MR) is 48.1 cm³/mol. The molecule has 8 heavy (non-hydrogen) atoms. The van der Waals surface area contributed by atoms with E-state index >= 15 is 0 Å². The van der Waals surface area contributed by atoms with Crippen LogP contribution in [-0.2, 0) is 8.23 Å². The lowest BCUT2D eigenvalue weighted by Crippen LogP contribution is -2.39. The largest absolute Gasteiger partial charge is 0.468 e. The Labute approximate surface area is 59.9 Å². The van der Waals surface area contributed by atoms with E-state index in [4.69, 9.17) is 8.23 Å². The minimum absolute atomic E-state index is 0.237. The van der Waals surface area contributed by atoms with Gasteiger partial charge in [0.05, 0.1) is 0 Å². The van der Waals surface area contributed by atoms with Crippen LogP contribution >= 0.6 is 0 Å². The Hall–Kier alpha value is 0.788. The Morgan fingerprint density at radius 1 is 1.38 bits per heavy atom. The van der Waals surface area contributed by atoms with Crippen molar-refractivity contribution in [1.29, 1.82) is 0 Å². The van der Waals surface area contributed by atoms with Crippen molar-refractivity contribution in [1.82, 2.24) is 0 Å². The molecule has 0 fully saturated rings. The van der Waals surface area contributed by atoms with Gasteiger partial charge in [0, 0.05) is 0 Å². The van der Waals surface area contributed by atoms with Gasteiger partial charge in [0.1, 0.15) is 21.0 Å². The Kier molecular flexibility index (Phi) is 4.11. The molecule has 2 nitrogen and oxygen atoms in total. The van der Waals surface area contributed by atoms with E-state index in [1.54, 1.807) is 0 Å². The molecule has 0 unspecified atom stereocenters. The van der Waals surface area contributed by atoms with Crippen molar-refractivity contribution in [3.8, 4) is 0 Å². The molecule has 0 rings (SSSR count). The first-order valence-electron chi connectivity index (χ1n) is 2.66. The van der Waals surface area contributed by atoms with Gasteiger partial charge in [-0.1, -0.05) is 0 Å². The van der Waals surface area contributed by atoms with Crippen molar-refractivity contribution < 1.29 is 8.23 Å². The van der Waals surface area contributed by atoms with Gasteiger partial charge in [0.15, 0.2) is 17.1 Å². The molecule has 0 saturated carbocycles. The zero-order valence-corrected chi connectivity index (χ0v) is 12.4. The fourth-order valence-corrected chi connectivity index (χ4v) is 11.0. The highest BCUT2D eigenvalue weighted by Crippen LogP contribution is 1.97. The number of rotatable bonds is 3. The lowest BCUT2D eigenvalue weighted by molar-refractivity contribution is 0.609. The highest BCUT2D eigenvalue weighted by Gasteiger charge is 2.19. The lowest BCUT2D eigenvalue weighted by atomic mass is 11.9. The molecule has 0 atom stereocenters. The second-order valence-electron chi connectivity index (χ2n) is 2.40. The molecular weight excluding hydrogens is 168 g/mol. The maximum absolute atomic E-state index is 5.41. The number of hydrogen-bond donors (Lipinski definition) is 0. The molecule has 50 valence electrons. The third kappa shape index (κ3) is 3.75. The smallest absolute Gasteiger partial charge is 0.183 e. The van der Waals surface area contributed by atoms with Crippen molar-refractivity contribution in [2.75, 3.05) is 0 Å². The molecule has 0 radical (unpaired) electrons. The van der Waals surface area contributed by atoms with E-state index in [1.165, 1.54) is 0 Å². The van der Waals surface area contributed by atoms with E-state index < -0.39 is 7.83 Å². The van der Waals surface area contributed by atoms with E-state index in [-0.39, 0.29) is 9.28 Å². The highest BCUT2D eigenvalue weighted by molar-refractivity contribution is 7.19. The van der Waals surface area contributed by atoms with E-state index in [9.17, 15) is 0 Å². The molecule has 0 heterocycles. The number of hydrogen-bond acceptors (Lipinski definition) is 2. The van der Waals surface area contributed by atoms with Crippen LogP contribution in [0.2, 0.25) is 13.1 Å². The molecule has 0 aromatic rings. The third-order valence-corrected chi connectivity index (χ3v) is 14.6. The van der Waals surface area contributed by atoms with E-state index in [2.05, 4.69) is 13.1 Å². The van der Waals surface area contributed by atoms with Crippen molar-refractivity contribution in [3.63, 3.8) is 0 Å². The molecule has 0 aliphatic heterocycles. The van der Waals surface area contributed by atoms with Gasteiger partial charge >= 0.3 is 0 Å². The Balaban J connectivity index is 3.37. The third-order valence-electron chi connectivity index (χ3n) is 1.04. The normalized spacial score (nSPS) is 14.2. The average molecular weight is 182 g/mol. The molecule has 0 aromatic heterocycles. The zero-order valence-electron chi connectivity index (χ0n) is 6.02. The summed E-state index contributed by atoms with van der Waals surface area (Å²) in [6, 6.07) is 0. The van der Waals surface area contributed by atoms with Gasteiger partial charge in [-0.2, -0.15) is 0 Å². The monoisotopic (exact) mass is 182 g/mol. The minimum Gasteiger partial charge on any atom is -0.468 e. The van der Waals surface area contributed by atoms with Crippen LogP contribution in [0.1, 0.15) is 0 Å². The van der Waals surface area contributed by atoms with Gasteiger partial charge in [-0.05, 0) is 13.1 Å². The molecule has 0 aliphatic carbocycles. The molecule has 0 amide bonds. The molecule has 0 aliphatic rings. The van der Waals surface area contributed by atoms with Gasteiger partial charge in [0.2, 0.25) is 0 Å². The molecule has 0 saturated heterocycles. The second-order valence-corrected chi connectivity index (χ2v) is 16.1. The summed E-state index contributed by atoms with van der Waals surface area (Å²) in [5.74, 6) is 0. The fourth-order valence-electron chi connectivity index (χ4n) is 0.407. The van der Waals surface area contributed by atoms with Crippen molar-refractivity contribution in [2.45, 2.75) is 13.1 Å². The topological polar surface area (TPSA) is 18.5 Å². The lowest BCUT2D eigenvalue weighted by Gasteiger charge is -2.18. The Bertz CT molecular complexity index is 65.1. The van der Waals surface area contributed by atoms with Gasteiger partial charge < -0.3 is 8.23 Å². The summed E-state index contributed by atoms with van der Waals surface area (Å²) < 4.78 is 10.6. The van der Waals surface area contributed by atoms with Crippen LogP contribution in [0, 0.1) is 0 Å². The van der Waals surface area contributed by atoms with Gasteiger partial charge in [0.25, 0.3) is 0 Å². The van der Waals surface area contributed by atoms with Crippen LogP contribution < -0.4 is 0 Å². The van der Waals surface area contributed by atoms with E-state index in [0.717, 1.165) is 21.0 Å². The summed E-state index contributed by atoms with van der Waals surface area (Å²) >= 11 is 0. The van der Waals surface area contributed by atoms with Crippen LogP contribution in [0.3, 0.4) is 0 Å². The summed E-state index contributed by atoms with van der Waals surface area (Å²) in [6.07, 6.45) is 0. The first-order valence-corrected chi connectivity index (χ1v) is 10.1. The van der Waals surface area contributed by atoms with E-state index in [1.807, 2.05) is 0 Å². The minimum atomic E-state index is -1.16. The van der Waals surface area contributed by atoms with E-state index in [0.29, 0.717) is 0 Å². The van der Waals surface area contributed by atoms with Crippen molar-refractivity contribution in [2.24, 2.45) is 0 Å². The van der Waals surface area contributed by atoms with Crippen LogP contribution in [0.25, 0.3) is 0 Å². The average Bonchev–Trinajstić information content (AvgIpc) is 1.67. The molecular formula is C2H14O2Si4. The van der Waals surface area contributed by atoms with Gasteiger partial charge in [-0.3, -0.25) is 0 Å². The summed E-state index contributed by atoms with van der Waals surface area (Å²) in [4.78, 5) is 0. The molecule has 0 spiro atoms. The Morgan fingerprint density at radius 3 is 2.00 bits per heavy atom. The molecule has 0 bridgehead atoms. The summed E-state index contributed by atoms with van der Waals surface area (Å²) in [7, 11) is 0.398. The first kappa shape index (κ1) is 8.79. The summed E-state index contributed by atoms with van der Waals surface area (Å²) in [5, 5.41) is 0. The molecule has 0 N–H and O–H groups in total. The maximum atomic E-state index is 5.41. The van der Waals surface area contributed by atoms with Gasteiger partial charge in [-0.15, -0.1) is 0 Å². The summed E-state index contributed by atoms with van der Waals surface area (Å²) in [5.41, 5.74) is 0. The summed E-state index contributed by atoms with van der Waals surface area (Å²) in [6.45, 7) is 4.48. The molecule has 0 aromatic carbocycles.